The summed E-state index contributed by atoms with van der Waals surface area (Å²) in [5, 5.41) is 0. The molecule has 0 amide bonds. The predicted octanol–water partition coefficient (Wildman–Crippen LogP) is 3.19. The van der Waals surface area contributed by atoms with Crippen molar-refractivity contribution in [3.8, 4) is 0 Å². The van der Waals surface area contributed by atoms with Crippen molar-refractivity contribution in [2.75, 3.05) is 11.4 Å². The van der Waals surface area contributed by atoms with Crippen LogP contribution in [-0.4, -0.2) is 18.9 Å². The molecule has 1 atom stereocenters. The van der Waals surface area contributed by atoms with E-state index in [1.807, 2.05) is 13.0 Å². The van der Waals surface area contributed by atoms with Gasteiger partial charge in [0.05, 0.1) is 0 Å². The molecule has 2 heteroatoms. The van der Waals surface area contributed by atoms with E-state index in [1.165, 1.54) is 12.8 Å². The molecule has 1 aromatic rings. The topological polar surface area (TPSA) is 20.3 Å². The van der Waals surface area contributed by atoms with Crippen molar-refractivity contribution in [2.45, 2.75) is 39.2 Å². The summed E-state index contributed by atoms with van der Waals surface area (Å²) < 4.78 is 0. The molecule has 1 unspecified atom stereocenters. The Hall–Kier alpha value is -1.31. The third-order valence-corrected chi connectivity index (χ3v) is 3.47. The number of nitrogens with zero attached hydrogens (tertiary/aromatic N) is 1. The minimum atomic E-state index is 0.612. The van der Waals surface area contributed by atoms with E-state index in [-0.39, 0.29) is 0 Å². The summed E-state index contributed by atoms with van der Waals surface area (Å²) in [7, 11) is 0. The van der Waals surface area contributed by atoms with Gasteiger partial charge < -0.3 is 4.90 Å². The van der Waals surface area contributed by atoms with Crippen molar-refractivity contribution in [1.29, 1.82) is 0 Å². The second kappa shape index (κ2) is 4.69. The van der Waals surface area contributed by atoms with Crippen LogP contribution in [0.25, 0.3) is 0 Å². The second-order valence-electron chi connectivity index (χ2n) is 4.58. The second-order valence-corrected chi connectivity index (χ2v) is 4.58. The number of anilines is 1. The summed E-state index contributed by atoms with van der Waals surface area (Å²) in [6.45, 7) is 5.33. The molecule has 1 saturated heterocycles. The summed E-state index contributed by atoms with van der Waals surface area (Å²) in [6.07, 6.45) is 4.63. The maximum atomic E-state index is 11.1. The molecule has 0 spiro atoms. The van der Waals surface area contributed by atoms with Crippen molar-refractivity contribution in [3.05, 3.63) is 29.3 Å². The molecule has 0 radical (unpaired) electrons. The highest BCUT2D eigenvalue weighted by atomic mass is 16.1. The SMILES string of the molecule is CCC1CCCN1c1ccc(C)cc1C=O. The van der Waals surface area contributed by atoms with E-state index < -0.39 is 0 Å². The predicted molar refractivity (Wildman–Crippen MR) is 67.2 cm³/mol. The molecule has 1 aromatic carbocycles. The Morgan fingerprint density at radius 1 is 1.50 bits per heavy atom. The van der Waals surface area contributed by atoms with Gasteiger partial charge in [0.15, 0.2) is 6.29 Å². The number of hydrogen-bond acceptors (Lipinski definition) is 2. The van der Waals surface area contributed by atoms with E-state index in [4.69, 9.17) is 0 Å². The first-order chi connectivity index (χ1) is 7.76. The zero-order chi connectivity index (χ0) is 11.5. The Morgan fingerprint density at radius 3 is 3.00 bits per heavy atom. The lowest BCUT2D eigenvalue weighted by molar-refractivity contribution is 0.112. The third-order valence-electron chi connectivity index (χ3n) is 3.47. The monoisotopic (exact) mass is 217 g/mol. The van der Waals surface area contributed by atoms with Crippen LogP contribution in [0.4, 0.5) is 5.69 Å². The molecule has 1 fully saturated rings. The molecule has 1 aliphatic rings. The van der Waals surface area contributed by atoms with Gasteiger partial charge in [0.2, 0.25) is 0 Å². The van der Waals surface area contributed by atoms with Crippen LogP contribution in [0, 0.1) is 6.92 Å². The van der Waals surface area contributed by atoms with Gasteiger partial charge in [-0.25, -0.2) is 0 Å². The van der Waals surface area contributed by atoms with Gasteiger partial charge in [-0.05, 0) is 38.3 Å². The van der Waals surface area contributed by atoms with E-state index in [0.717, 1.165) is 36.1 Å². The number of rotatable bonds is 3. The highest BCUT2D eigenvalue weighted by Gasteiger charge is 2.24. The zero-order valence-corrected chi connectivity index (χ0v) is 10.1. The first kappa shape index (κ1) is 11.2. The largest absolute Gasteiger partial charge is 0.368 e. The van der Waals surface area contributed by atoms with Crippen LogP contribution in [0.3, 0.4) is 0 Å². The van der Waals surface area contributed by atoms with E-state index in [9.17, 15) is 4.79 Å². The molecule has 16 heavy (non-hydrogen) atoms. The van der Waals surface area contributed by atoms with Gasteiger partial charge in [-0.3, -0.25) is 4.79 Å². The van der Waals surface area contributed by atoms with Crippen LogP contribution in [-0.2, 0) is 0 Å². The van der Waals surface area contributed by atoms with E-state index in [2.05, 4.69) is 24.0 Å². The van der Waals surface area contributed by atoms with Gasteiger partial charge in [0.25, 0.3) is 0 Å². The Bertz CT molecular complexity index is 386. The Labute approximate surface area is 97.3 Å². The van der Waals surface area contributed by atoms with E-state index in [1.54, 1.807) is 0 Å². The molecule has 1 aliphatic heterocycles. The highest BCUT2D eigenvalue weighted by Crippen LogP contribution is 2.29. The Morgan fingerprint density at radius 2 is 2.31 bits per heavy atom. The molecule has 86 valence electrons. The number of hydrogen-bond donors (Lipinski definition) is 0. The molecule has 1 heterocycles. The van der Waals surface area contributed by atoms with Gasteiger partial charge in [0, 0.05) is 23.8 Å². The third kappa shape index (κ3) is 1.97. The van der Waals surface area contributed by atoms with Crippen LogP contribution in [0.1, 0.15) is 42.1 Å². The summed E-state index contributed by atoms with van der Waals surface area (Å²) in [6, 6.07) is 6.77. The van der Waals surface area contributed by atoms with Gasteiger partial charge in [-0.15, -0.1) is 0 Å². The van der Waals surface area contributed by atoms with Gasteiger partial charge in [-0.1, -0.05) is 18.6 Å². The van der Waals surface area contributed by atoms with E-state index >= 15 is 0 Å². The highest BCUT2D eigenvalue weighted by molar-refractivity contribution is 5.85. The van der Waals surface area contributed by atoms with Crippen molar-refractivity contribution in [3.63, 3.8) is 0 Å². The fourth-order valence-electron chi connectivity index (χ4n) is 2.61. The molecule has 0 bridgehead atoms. The molecule has 2 rings (SSSR count). The maximum Gasteiger partial charge on any atom is 0.152 e. The van der Waals surface area contributed by atoms with E-state index in [0.29, 0.717) is 6.04 Å². The molecule has 0 aliphatic carbocycles. The number of aldehydes is 1. The molecule has 2 nitrogen and oxygen atoms in total. The average Bonchev–Trinajstić information content (AvgIpc) is 2.76. The standard InChI is InChI=1S/C14H19NO/c1-3-13-5-4-8-15(13)14-7-6-11(2)9-12(14)10-16/h6-7,9-10,13H,3-5,8H2,1-2H3. The van der Waals surface area contributed by atoms with Crippen molar-refractivity contribution < 1.29 is 4.79 Å². The Balaban J connectivity index is 2.35. The van der Waals surface area contributed by atoms with Crippen LogP contribution < -0.4 is 4.90 Å². The normalized spacial score (nSPS) is 20.1. The minimum Gasteiger partial charge on any atom is -0.368 e. The summed E-state index contributed by atoms with van der Waals surface area (Å²) in [5.74, 6) is 0. The summed E-state index contributed by atoms with van der Waals surface area (Å²) in [5.41, 5.74) is 3.10. The fraction of sp³-hybridized carbons (Fsp3) is 0.500. The molecule has 0 saturated carbocycles. The lowest BCUT2D eigenvalue weighted by Crippen LogP contribution is -2.29. The average molecular weight is 217 g/mol. The fourth-order valence-corrected chi connectivity index (χ4v) is 2.61. The van der Waals surface area contributed by atoms with Crippen molar-refractivity contribution in [2.24, 2.45) is 0 Å². The summed E-state index contributed by atoms with van der Waals surface area (Å²) in [4.78, 5) is 13.5. The molecule has 0 N–H and O–H groups in total. The van der Waals surface area contributed by atoms with Crippen LogP contribution >= 0.6 is 0 Å². The van der Waals surface area contributed by atoms with Gasteiger partial charge in [0.1, 0.15) is 0 Å². The maximum absolute atomic E-state index is 11.1. The van der Waals surface area contributed by atoms with Gasteiger partial charge >= 0.3 is 0 Å². The Kier molecular flexibility index (Phi) is 3.28. The van der Waals surface area contributed by atoms with Crippen LogP contribution in [0.5, 0.6) is 0 Å². The number of benzene rings is 1. The number of carbonyl (C=O) groups excluding carboxylic acids is 1. The molecule has 0 aromatic heterocycles. The number of carbonyl (C=O) groups is 1. The quantitative estimate of drug-likeness (QED) is 0.725. The smallest absolute Gasteiger partial charge is 0.152 e. The van der Waals surface area contributed by atoms with Crippen LogP contribution in [0.2, 0.25) is 0 Å². The first-order valence-electron chi connectivity index (χ1n) is 6.08. The lowest BCUT2D eigenvalue weighted by Gasteiger charge is -2.27. The first-order valence-corrected chi connectivity index (χ1v) is 6.08. The number of aryl methyl sites for hydroxylation is 1. The zero-order valence-electron chi connectivity index (χ0n) is 10.1. The molecular formula is C14H19NO. The van der Waals surface area contributed by atoms with Crippen LogP contribution in [0.15, 0.2) is 18.2 Å². The van der Waals surface area contributed by atoms with Gasteiger partial charge in [-0.2, -0.15) is 0 Å². The minimum absolute atomic E-state index is 0.612. The summed E-state index contributed by atoms with van der Waals surface area (Å²) >= 11 is 0. The lowest BCUT2D eigenvalue weighted by atomic mass is 10.1. The van der Waals surface area contributed by atoms with Crippen molar-refractivity contribution in [1.82, 2.24) is 0 Å². The van der Waals surface area contributed by atoms with Crippen molar-refractivity contribution >= 4 is 12.0 Å². The molecular weight excluding hydrogens is 198 g/mol.